The Balaban J connectivity index is 2.43. The summed E-state index contributed by atoms with van der Waals surface area (Å²) in [5, 5.41) is 17.8. The number of carbonyl (C=O) groups excluding carboxylic acids is 1. The highest BCUT2D eigenvalue weighted by Crippen LogP contribution is 2.01. The van der Waals surface area contributed by atoms with Gasteiger partial charge in [-0.3, -0.25) is 4.68 Å². The van der Waals surface area contributed by atoms with Crippen LogP contribution in [0.1, 0.15) is 19.7 Å². The maximum absolute atomic E-state index is 11.5. The Morgan fingerprint density at radius 3 is 2.61 bits per heavy atom. The van der Waals surface area contributed by atoms with Crippen LogP contribution in [-0.2, 0) is 18.4 Å². The zero-order chi connectivity index (χ0) is 13.7. The third-order valence-corrected chi connectivity index (χ3v) is 2.27. The summed E-state index contributed by atoms with van der Waals surface area (Å²) >= 11 is 0. The third-order valence-electron chi connectivity index (χ3n) is 2.27. The van der Waals surface area contributed by atoms with Crippen molar-refractivity contribution in [3.05, 3.63) is 12.2 Å². The van der Waals surface area contributed by atoms with Gasteiger partial charge in [0.25, 0.3) is 0 Å². The first-order valence-corrected chi connectivity index (χ1v) is 5.52. The lowest BCUT2D eigenvalue weighted by molar-refractivity contribution is -0.140. The summed E-state index contributed by atoms with van der Waals surface area (Å²) in [6.45, 7) is 3.59. The predicted molar refractivity (Wildman–Crippen MR) is 62.6 cm³/mol. The Morgan fingerprint density at radius 1 is 1.50 bits per heavy atom. The molecule has 0 saturated carbocycles. The van der Waals surface area contributed by atoms with Gasteiger partial charge in [-0.1, -0.05) is 13.8 Å². The number of nitrogens with zero attached hydrogens (tertiary/aromatic N) is 3. The third kappa shape index (κ3) is 4.04. The molecule has 0 radical (unpaired) electrons. The second kappa shape index (κ2) is 5.99. The molecule has 1 atom stereocenters. The van der Waals surface area contributed by atoms with Crippen LogP contribution in [0, 0.1) is 5.92 Å². The normalized spacial score (nSPS) is 12.2. The second-order valence-corrected chi connectivity index (χ2v) is 4.22. The average Bonchev–Trinajstić information content (AvgIpc) is 2.68. The van der Waals surface area contributed by atoms with Crippen LogP contribution in [0.4, 0.5) is 4.79 Å². The summed E-state index contributed by atoms with van der Waals surface area (Å²) in [5.41, 5.74) is 0. The Hall–Kier alpha value is -2.12. The number of carbonyl (C=O) groups is 2. The number of rotatable bonds is 5. The van der Waals surface area contributed by atoms with Crippen molar-refractivity contribution in [3.63, 3.8) is 0 Å². The van der Waals surface area contributed by atoms with E-state index in [4.69, 9.17) is 5.11 Å². The van der Waals surface area contributed by atoms with Crippen LogP contribution in [0.5, 0.6) is 0 Å². The van der Waals surface area contributed by atoms with E-state index in [-0.39, 0.29) is 12.5 Å². The van der Waals surface area contributed by atoms with Crippen LogP contribution in [0.2, 0.25) is 0 Å². The van der Waals surface area contributed by atoms with Crippen molar-refractivity contribution < 1.29 is 14.7 Å². The Labute approximate surface area is 104 Å². The molecule has 0 aliphatic heterocycles. The summed E-state index contributed by atoms with van der Waals surface area (Å²) in [5.74, 6) is -0.790. The molecule has 8 nitrogen and oxygen atoms in total. The quantitative estimate of drug-likeness (QED) is 0.670. The van der Waals surface area contributed by atoms with Gasteiger partial charge in [-0.25, -0.2) is 14.6 Å². The molecule has 0 spiro atoms. The van der Waals surface area contributed by atoms with Crippen LogP contribution in [0.15, 0.2) is 6.33 Å². The molecule has 2 amide bonds. The van der Waals surface area contributed by atoms with Crippen LogP contribution >= 0.6 is 0 Å². The van der Waals surface area contributed by atoms with Crippen molar-refractivity contribution in [3.8, 4) is 0 Å². The highest BCUT2D eigenvalue weighted by molar-refractivity contribution is 5.82. The molecule has 0 saturated heterocycles. The minimum Gasteiger partial charge on any atom is -0.480 e. The number of amides is 2. The molecule has 0 unspecified atom stereocenters. The van der Waals surface area contributed by atoms with Gasteiger partial charge in [0.15, 0.2) is 5.82 Å². The van der Waals surface area contributed by atoms with E-state index in [1.54, 1.807) is 20.9 Å². The molecule has 0 fully saturated rings. The fraction of sp³-hybridized carbons (Fsp3) is 0.600. The lowest BCUT2D eigenvalue weighted by Crippen LogP contribution is -2.48. The molecule has 8 heteroatoms. The summed E-state index contributed by atoms with van der Waals surface area (Å²) in [6.07, 6.45) is 1.52. The predicted octanol–water partition coefficient (Wildman–Crippen LogP) is -0.276. The topological polar surface area (TPSA) is 109 Å². The van der Waals surface area contributed by atoms with Gasteiger partial charge in [-0.05, 0) is 5.92 Å². The van der Waals surface area contributed by atoms with E-state index in [1.807, 2.05) is 0 Å². The molecule has 0 bridgehead atoms. The monoisotopic (exact) mass is 255 g/mol. The second-order valence-electron chi connectivity index (χ2n) is 4.22. The molecule has 1 rings (SSSR count). The fourth-order valence-electron chi connectivity index (χ4n) is 1.33. The van der Waals surface area contributed by atoms with E-state index in [9.17, 15) is 9.59 Å². The smallest absolute Gasteiger partial charge is 0.326 e. The van der Waals surface area contributed by atoms with E-state index in [2.05, 4.69) is 20.7 Å². The van der Waals surface area contributed by atoms with E-state index < -0.39 is 18.0 Å². The van der Waals surface area contributed by atoms with Gasteiger partial charge in [-0.15, -0.1) is 0 Å². The summed E-state index contributed by atoms with van der Waals surface area (Å²) in [4.78, 5) is 26.3. The van der Waals surface area contributed by atoms with Crippen molar-refractivity contribution in [2.75, 3.05) is 0 Å². The maximum atomic E-state index is 11.5. The van der Waals surface area contributed by atoms with E-state index in [1.165, 1.54) is 11.0 Å². The molecule has 0 aliphatic carbocycles. The number of aryl methyl sites for hydroxylation is 1. The maximum Gasteiger partial charge on any atom is 0.326 e. The molecule has 1 aromatic rings. The van der Waals surface area contributed by atoms with Crippen LogP contribution in [-0.4, -0.2) is 37.9 Å². The largest absolute Gasteiger partial charge is 0.480 e. The average molecular weight is 255 g/mol. The number of carboxylic acid groups (broad SMARTS) is 1. The van der Waals surface area contributed by atoms with E-state index in [0.29, 0.717) is 5.82 Å². The van der Waals surface area contributed by atoms with Gasteiger partial charge in [0.1, 0.15) is 12.4 Å². The number of nitrogens with one attached hydrogen (secondary N) is 2. The van der Waals surface area contributed by atoms with Crippen molar-refractivity contribution in [2.24, 2.45) is 13.0 Å². The van der Waals surface area contributed by atoms with Crippen LogP contribution in [0.3, 0.4) is 0 Å². The summed E-state index contributed by atoms with van der Waals surface area (Å²) < 4.78 is 1.52. The Kier molecular flexibility index (Phi) is 4.64. The first-order valence-electron chi connectivity index (χ1n) is 5.52. The van der Waals surface area contributed by atoms with Gasteiger partial charge >= 0.3 is 12.0 Å². The zero-order valence-electron chi connectivity index (χ0n) is 10.5. The number of hydrogen-bond donors (Lipinski definition) is 3. The van der Waals surface area contributed by atoms with Crippen LogP contribution < -0.4 is 10.6 Å². The molecule has 0 aromatic carbocycles. The number of carboxylic acids is 1. The standard InChI is InChI=1S/C10H17N5O3/c1-6(2)8(9(16)17)13-10(18)11-4-7-12-5-15(3)14-7/h5-6,8H,4H2,1-3H3,(H,16,17)(H2,11,13,18)/t8-/m1/s1. The van der Waals surface area contributed by atoms with Gasteiger partial charge in [0.05, 0.1) is 6.54 Å². The van der Waals surface area contributed by atoms with Crippen molar-refractivity contribution in [2.45, 2.75) is 26.4 Å². The highest BCUT2D eigenvalue weighted by Gasteiger charge is 2.23. The SMILES string of the molecule is CC(C)[C@@H](NC(=O)NCc1ncn(C)n1)C(=O)O. The Morgan fingerprint density at radius 2 is 2.17 bits per heavy atom. The number of aliphatic carboxylic acids is 1. The van der Waals surface area contributed by atoms with Crippen LogP contribution in [0.25, 0.3) is 0 Å². The van der Waals surface area contributed by atoms with Crippen molar-refractivity contribution in [1.82, 2.24) is 25.4 Å². The highest BCUT2D eigenvalue weighted by atomic mass is 16.4. The fourth-order valence-corrected chi connectivity index (χ4v) is 1.33. The first-order chi connectivity index (χ1) is 8.40. The summed E-state index contributed by atoms with van der Waals surface area (Å²) in [7, 11) is 1.72. The zero-order valence-corrected chi connectivity index (χ0v) is 10.5. The molecule has 18 heavy (non-hydrogen) atoms. The number of aromatic nitrogens is 3. The van der Waals surface area contributed by atoms with E-state index in [0.717, 1.165) is 0 Å². The molecular formula is C10H17N5O3. The molecule has 100 valence electrons. The summed E-state index contributed by atoms with van der Waals surface area (Å²) in [6, 6.07) is -1.47. The van der Waals surface area contributed by atoms with E-state index >= 15 is 0 Å². The van der Waals surface area contributed by atoms with Crippen molar-refractivity contribution >= 4 is 12.0 Å². The first kappa shape index (κ1) is 13.9. The molecule has 0 aliphatic rings. The van der Waals surface area contributed by atoms with Gasteiger partial charge < -0.3 is 15.7 Å². The molecule has 3 N–H and O–H groups in total. The Bertz CT molecular complexity index is 429. The molecule has 1 heterocycles. The lowest BCUT2D eigenvalue weighted by Gasteiger charge is -2.17. The minimum absolute atomic E-state index is 0.150. The van der Waals surface area contributed by atoms with Crippen molar-refractivity contribution in [1.29, 1.82) is 0 Å². The lowest BCUT2D eigenvalue weighted by atomic mass is 10.1. The van der Waals surface area contributed by atoms with Gasteiger partial charge in [-0.2, -0.15) is 5.10 Å². The number of hydrogen-bond acceptors (Lipinski definition) is 4. The number of urea groups is 1. The molecule has 1 aromatic heterocycles. The van der Waals surface area contributed by atoms with Gasteiger partial charge in [0.2, 0.25) is 0 Å². The minimum atomic E-state index is -1.06. The van der Waals surface area contributed by atoms with Gasteiger partial charge in [0, 0.05) is 7.05 Å². The molecular weight excluding hydrogens is 238 g/mol.